The summed E-state index contributed by atoms with van der Waals surface area (Å²) in [7, 11) is 0. The highest BCUT2D eigenvalue weighted by Crippen LogP contribution is 2.19. The monoisotopic (exact) mass is 296 g/mol. The third-order valence-corrected chi connectivity index (χ3v) is 3.24. The van der Waals surface area contributed by atoms with Gasteiger partial charge in [0.15, 0.2) is 0 Å². The third kappa shape index (κ3) is 3.07. The van der Waals surface area contributed by atoms with Crippen molar-refractivity contribution in [3.63, 3.8) is 0 Å². The normalized spacial score (nSPS) is 11.3. The molecular weight excluding hydrogens is 280 g/mol. The van der Waals surface area contributed by atoms with E-state index in [0.717, 1.165) is 22.0 Å². The number of aryl methyl sites for hydroxylation is 2. The van der Waals surface area contributed by atoms with Crippen molar-refractivity contribution < 1.29 is 9.53 Å². The van der Waals surface area contributed by atoms with Gasteiger partial charge in [0.05, 0.1) is 12.1 Å². The van der Waals surface area contributed by atoms with Crippen LogP contribution in [0.25, 0.3) is 17.0 Å². The number of benzene rings is 1. The van der Waals surface area contributed by atoms with E-state index in [4.69, 9.17) is 10.00 Å². The Morgan fingerprint density at radius 3 is 2.73 bits per heavy atom. The lowest BCUT2D eigenvalue weighted by Gasteiger charge is -2.05. The van der Waals surface area contributed by atoms with Gasteiger partial charge in [-0.2, -0.15) is 5.26 Å². The molecule has 0 spiro atoms. The fourth-order valence-electron chi connectivity index (χ4n) is 2.31. The van der Waals surface area contributed by atoms with E-state index in [2.05, 4.69) is 4.98 Å². The molecule has 0 atom stereocenters. The van der Waals surface area contributed by atoms with Crippen LogP contribution >= 0.6 is 0 Å². The quantitative estimate of drug-likeness (QED) is 0.536. The molecule has 22 heavy (non-hydrogen) atoms. The van der Waals surface area contributed by atoms with Crippen LogP contribution in [0.3, 0.4) is 0 Å². The molecule has 0 amide bonds. The van der Waals surface area contributed by atoms with Crippen LogP contribution in [0.15, 0.2) is 28.6 Å². The zero-order valence-corrected chi connectivity index (χ0v) is 12.7. The molecule has 5 nitrogen and oxygen atoms in total. The minimum absolute atomic E-state index is 0.171. The van der Waals surface area contributed by atoms with Gasteiger partial charge in [0.25, 0.3) is 5.56 Å². The number of hydrogen-bond acceptors (Lipinski definition) is 4. The Morgan fingerprint density at radius 1 is 1.36 bits per heavy atom. The van der Waals surface area contributed by atoms with Crippen LogP contribution in [0.1, 0.15) is 23.6 Å². The molecule has 0 saturated heterocycles. The molecule has 1 N–H and O–H groups in total. The summed E-state index contributed by atoms with van der Waals surface area (Å²) < 4.78 is 4.79. The number of aromatic nitrogens is 1. The number of ether oxygens (including phenoxy) is 1. The Kier molecular flexibility index (Phi) is 4.42. The third-order valence-electron chi connectivity index (χ3n) is 3.24. The first-order valence-corrected chi connectivity index (χ1v) is 6.89. The number of hydrogen-bond donors (Lipinski definition) is 1. The summed E-state index contributed by atoms with van der Waals surface area (Å²) in [5.74, 6) is -0.732. The number of nitrogens with one attached hydrogen (secondary N) is 1. The summed E-state index contributed by atoms with van der Waals surface area (Å²) in [5.41, 5.74) is 2.49. The van der Waals surface area contributed by atoms with Crippen LogP contribution in [0.5, 0.6) is 0 Å². The van der Waals surface area contributed by atoms with Gasteiger partial charge in [-0.25, -0.2) is 4.79 Å². The second-order valence-corrected chi connectivity index (χ2v) is 4.99. The van der Waals surface area contributed by atoms with Crippen molar-refractivity contribution in [2.75, 3.05) is 6.61 Å². The van der Waals surface area contributed by atoms with Gasteiger partial charge in [-0.3, -0.25) is 4.79 Å². The zero-order chi connectivity index (χ0) is 16.3. The smallest absolute Gasteiger partial charge is 0.348 e. The second kappa shape index (κ2) is 6.27. The topological polar surface area (TPSA) is 82.9 Å². The molecule has 0 fully saturated rings. The lowest BCUT2D eigenvalue weighted by atomic mass is 10.0. The van der Waals surface area contributed by atoms with Crippen LogP contribution < -0.4 is 5.56 Å². The van der Waals surface area contributed by atoms with Gasteiger partial charge in [-0.05, 0) is 49.9 Å². The Labute approximate surface area is 127 Å². The molecule has 0 saturated carbocycles. The Bertz CT molecular complexity index is 870. The summed E-state index contributed by atoms with van der Waals surface area (Å²) >= 11 is 0. The number of esters is 1. The molecule has 1 heterocycles. The maximum Gasteiger partial charge on any atom is 0.348 e. The first-order valence-electron chi connectivity index (χ1n) is 6.89. The molecule has 0 radical (unpaired) electrons. The molecule has 0 aliphatic heterocycles. The highest BCUT2D eigenvalue weighted by Gasteiger charge is 2.12. The van der Waals surface area contributed by atoms with Crippen molar-refractivity contribution in [3.05, 3.63) is 50.8 Å². The fourth-order valence-corrected chi connectivity index (χ4v) is 2.31. The summed E-state index contributed by atoms with van der Waals surface area (Å²) in [6.45, 7) is 5.71. The van der Waals surface area contributed by atoms with Crippen molar-refractivity contribution in [2.24, 2.45) is 0 Å². The van der Waals surface area contributed by atoms with Gasteiger partial charge in [0, 0.05) is 5.56 Å². The molecule has 1 aromatic carbocycles. The van der Waals surface area contributed by atoms with E-state index in [-0.39, 0.29) is 23.3 Å². The molecule has 0 unspecified atom stereocenters. The molecule has 2 rings (SSSR count). The Morgan fingerprint density at radius 2 is 2.09 bits per heavy atom. The van der Waals surface area contributed by atoms with E-state index in [9.17, 15) is 9.59 Å². The fraction of sp³-hybridized carbons (Fsp3) is 0.235. The lowest BCUT2D eigenvalue weighted by molar-refractivity contribution is -0.137. The van der Waals surface area contributed by atoms with Gasteiger partial charge in [-0.15, -0.1) is 0 Å². The minimum atomic E-state index is -0.732. The van der Waals surface area contributed by atoms with Gasteiger partial charge in [-0.1, -0.05) is 11.6 Å². The maximum atomic E-state index is 12.1. The van der Waals surface area contributed by atoms with Crippen molar-refractivity contribution in [3.8, 4) is 6.07 Å². The number of aromatic amines is 1. The van der Waals surface area contributed by atoms with Gasteiger partial charge in [0.1, 0.15) is 11.6 Å². The first kappa shape index (κ1) is 15.5. The number of rotatable bonds is 3. The van der Waals surface area contributed by atoms with E-state index in [1.54, 1.807) is 19.1 Å². The Balaban J connectivity index is 2.61. The number of H-pyrrole nitrogens is 1. The molecule has 2 aromatic rings. The largest absolute Gasteiger partial charge is 0.462 e. The van der Waals surface area contributed by atoms with Crippen molar-refractivity contribution >= 4 is 22.9 Å². The molecular formula is C17H16N2O3. The minimum Gasteiger partial charge on any atom is -0.462 e. The number of nitriles is 1. The standard InChI is InChI=1S/C17H16N2O3/c1-4-22-17(21)14(9-18)8-13-7-12-6-10(2)5-11(3)15(12)19-16(13)20/h5-8H,4H2,1-3H3,(H,19,20). The number of carbonyl (C=O) groups excluding carboxylic acids is 1. The van der Waals surface area contributed by atoms with Gasteiger partial charge >= 0.3 is 5.97 Å². The first-order chi connectivity index (χ1) is 10.5. The average molecular weight is 296 g/mol. The van der Waals surface area contributed by atoms with E-state index < -0.39 is 5.97 Å². The van der Waals surface area contributed by atoms with Gasteiger partial charge < -0.3 is 9.72 Å². The predicted octanol–water partition coefficient (Wildman–Crippen LogP) is 2.62. The molecule has 5 heteroatoms. The molecule has 1 aromatic heterocycles. The predicted molar refractivity (Wildman–Crippen MR) is 84.3 cm³/mol. The lowest BCUT2D eigenvalue weighted by Crippen LogP contribution is -2.12. The van der Waals surface area contributed by atoms with Crippen molar-refractivity contribution in [1.29, 1.82) is 5.26 Å². The van der Waals surface area contributed by atoms with E-state index in [1.807, 2.05) is 26.0 Å². The number of nitrogens with zero attached hydrogens (tertiary/aromatic N) is 1. The second-order valence-electron chi connectivity index (χ2n) is 4.99. The van der Waals surface area contributed by atoms with Crippen LogP contribution in [-0.2, 0) is 9.53 Å². The number of fused-ring (bicyclic) bond motifs is 1. The average Bonchev–Trinajstić information content (AvgIpc) is 2.46. The van der Waals surface area contributed by atoms with Crippen LogP contribution in [0, 0.1) is 25.2 Å². The highest BCUT2D eigenvalue weighted by atomic mass is 16.5. The number of carbonyl (C=O) groups is 1. The summed E-state index contributed by atoms with van der Waals surface area (Å²) in [6.07, 6.45) is 1.26. The van der Waals surface area contributed by atoms with E-state index in [0.29, 0.717) is 0 Å². The van der Waals surface area contributed by atoms with Crippen LogP contribution in [0.2, 0.25) is 0 Å². The maximum absolute atomic E-state index is 12.1. The van der Waals surface area contributed by atoms with Gasteiger partial charge in [0.2, 0.25) is 0 Å². The molecule has 112 valence electrons. The summed E-state index contributed by atoms with van der Waals surface area (Å²) in [5, 5.41) is 9.90. The molecule has 0 aliphatic carbocycles. The van der Waals surface area contributed by atoms with Crippen LogP contribution in [0.4, 0.5) is 0 Å². The number of pyridine rings is 1. The van der Waals surface area contributed by atoms with Crippen LogP contribution in [-0.4, -0.2) is 17.6 Å². The van der Waals surface area contributed by atoms with E-state index >= 15 is 0 Å². The van der Waals surface area contributed by atoms with Crippen molar-refractivity contribution in [2.45, 2.75) is 20.8 Å². The molecule has 0 aliphatic rings. The zero-order valence-electron chi connectivity index (χ0n) is 12.7. The Hall–Kier alpha value is -2.87. The molecule has 0 bridgehead atoms. The SMILES string of the molecule is CCOC(=O)C(C#N)=Cc1cc2cc(C)cc(C)c2[nH]c1=O. The highest BCUT2D eigenvalue weighted by molar-refractivity contribution is 5.98. The van der Waals surface area contributed by atoms with Crippen molar-refractivity contribution in [1.82, 2.24) is 4.98 Å². The summed E-state index contributed by atoms with van der Waals surface area (Å²) in [6, 6.07) is 7.35. The summed E-state index contributed by atoms with van der Waals surface area (Å²) in [4.78, 5) is 26.6. The van der Waals surface area contributed by atoms with E-state index in [1.165, 1.54) is 6.08 Å².